The van der Waals surface area contributed by atoms with E-state index in [4.69, 9.17) is 4.52 Å². The molecule has 2 aromatic heterocycles. The fourth-order valence-corrected chi connectivity index (χ4v) is 1.19. The Balaban J connectivity index is 2.33. The Morgan fingerprint density at radius 2 is 2.31 bits per heavy atom. The molecule has 0 aromatic carbocycles. The highest BCUT2D eigenvalue weighted by Crippen LogP contribution is 2.17. The van der Waals surface area contributed by atoms with E-state index in [9.17, 15) is 0 Å². The second-order valence-electron chi connectivity index (χ2n) is 2.58. The molecule has 13 heavy (non-hydrogen) atoms. The molecule has 7 heteroatoms. The predicted octanol–water partition coefficient (Wildman–Crippen LogP) is 0.654. The first kappa shape index (κ1) is 8.11. The Bertz CT molecular complexity index is 381. The molecule has 0 N–H and O–H groups in total. The van der Waals surface area contributed by atoms with Gasteiger partial charge in [-0.1, -0.05) is 4.49 Å². The zero-order chi connectivity index (χ0) is 9.26. The highest BCUT2D eigenvalue weighted by Gasteiger charge is 2.11. The van der Waals surface area contributed by atoms with Gasteiger partial charge in [0.05, 0.1) is 0 Å². The third-order valence-corrected chi connectivity index (χ3v) is 1.90. The monoisotopic (exact) mass is 197 g/mol. The summed E-state index contributed by atoms with van der Waals surface area (Å²) >= 11 is 1.25. The van der Waals surface area contributed by atoms with Gasteiger partial charge in [0.25, 0.3) is 11.8 Å². The topological polar surface area (TPSA) is 67.9 Å². The van der Waals surface area contributed by atoms with Crippen LogP contribution >= 0.6 is 11.5 Å². The molecule has 0 fully saturated rings. The molecule has 0 bridgehead atoms. The highest BCUT2D eigenvalue weighted by atomic mass is 32.1. The summed E-state index contributed by atoms with van der Waals surface area (Å²) in [7, 11) is 3.68. The molecule has 0 aliphatic carbocycles. The van der Waals surface area contributed by atoms with E-state index in [1.165, 1.54) is 11.5 Å². The molecule has 0 unspecified atom stereocenters. The number of aromatic nitrogens is 4. The van der Waals surface area contributed by atoms with Crippen LogP contribution in [0.1, 0.15) is 0 Å². The summed E-state index contributed by atoms with van der Waals surface area (Å²) in [4.78, 5) is 5.86. The average Bonchev–Trinajstić information content (AvgIpc) is 2.75. The van der Waals surface area contributed by atoms with Crippen molar-refractivity contribution in [1.29, 1.82) is 0 Å². The first-order valence-corrected chi connectivity index (χ1v) is 4.39. The van der Waals surface area contributed by atoms with Crippen LogP contribution in [0.5, 0.6) is 0 Å². The molecule has 2 aromatic rings. The van der Waals surface area contributed by atoms with Gasteiger partial charge in [0.1, 0.15) is 0 Å². The van der Waals surface area contributed by atoms with Gasteiger partial charge >= 0.3 is 0 Å². The quantitative estimate of drug-likeness (QED) is 0.704. The van der Waals surface area contributed by atoms with Crippen LogP contribution in [0.4, 0.5) is 5.95 Å². The molecule has 0 spiro atoms. The SMILES string of the molecule is CN(C)c1noc(-c2csnn2)n1. The summed E-state index contributed by atoms with van der Waals surface area (Å²) in [5.74, 6) is 0.931. The van der Waals surface area contributed by atoms with E-state index in [0.717, 1.165) is 0 Å². The zero-order valence-electron chi connectivity index (χ0n) is 7.13. The summed E-state index contributed by atoms with van der Waals surface area (Å²) in [6, 6.07) is 0. The molecule has 0 atom stereocenters. The van der Waals surface area contributed by atoms with Crippen LogP contribution in [0.3, 0.4) is 0 Å². The third-order valence-electron chi connectivity index (χ3n) is 1.39. The number of anilines is 1. The summed E-state index contributed by atoms with van der Waals surface area (Å²) in [6.07, 6.45) is 0. The van der Waals surface area contributed by atoms with Crippen LogP contribution < -0.4 is 4.90 Å². The maximum absolute atomic E-state index is 4.97. The minimum atomic E-state index is 0.400. The Kier molecular flexibility index (Phi) is 1.93. The van der Waals surface area contributed by atoms with Crippen molar-refractivity contribution in [2.75, 3.05) is 19.0 Å². The number of nitrogens with zero attached hydrogens (tertiary/aromatic N) is 5. The van der Waals surface area contributed by atoms with Crippen LogP contribution in [0.2, 0.25) is 0 Å². The van der Waals surface area contributed by atoms with Gasteiger partial charge in [-0.25, -0.2) is 0 Å². The summed E-state index contributed by atoms with van der Waals surface area (Å²) in [5.41, 5.74) is 0.616. The van der Waals surface area contributed by atoms with E-state index in [0.29, 0.717) is 17.5 Å². The fourth-order valence-electron chi connectivity index (χ4n) is 0.759. The number of hydrogen-bond acceptors (Lipinski definition) is 7. The minimum absolute atomic E-state index is 0.400. The van der Waals surface area contributed by atoms with Gasteiger partial charge in [0.2, 0.25) is 0 Å². The first-order chi connectivity index (χ1) is 6.27. The smallest absolute Gasteiger partial charge is 0.280 e. The molecule has 68 valence electrons. The van der Waals surface area contributed by atoms with E-state index < -0.39 is 0 Å². The minimum Gasteiger partial charge on any atom is -0.344 e. The van der Waals surface area contributed by atoms with Crippen molar-refractivity contribution in [1.82, 2.24) is 19.7 Å². The van der Waals surface area contributed by atoms with Crippen molar-refractivity contribution in [2.45, 2.75) is 0 Å². The van der Waals surface area contributed by atoms with E-state index >= 15 is 0 Å². The van der Waals surface area contributed by atoms with Crippen LogP contribution in [0.25, 0.3) is 11.6 Å². The van der Waals surface area contributed by atoms with Crippen molar-refractivity contribution in [3.8, 4) is 11.6 Å². The molecule has 0 aliphatic rings. The van der Waals surface area contributed by atoms with Crippen molar-refractivity contribution < 1.29 is 4.52 Å². The molecule has 6 nitrogen and oxygen atoms in total. The molecule has 0 aliphatic heterocycles. The van der Waals surface area contributed by atoms with E-state index in [1.807, 2.05) is 14.1 Å². The lowest BCUT2D eigenvalue weighted by Crippen LogP contribution is -2.10. The maximum Gasteiger partial charge on any atom is 0.280 e. The number of hydrogen-bond donors (Lipinski definition) is 0. The van der Waals surface area contributed by atoms with Gasteiger partial charge < -0.3 is 9.42 Å². The van der Waals surface area contributed by atoms with Crippen LogP contribution in [0.15, 0.2) is 9.90 Å². The van der Waals surface area contributed by atoms with Gasteiger partial charge in [0, 0.05) is 19.5 Å². The fraction of sp³-hybridized carbons (Fsp3) is 0.333. The van der Waals surface area contributed by atoms with Gasteiger partial charge in [0.15, 0.2) is 5.69 Å². The third kappa shape index (κ3) is 1.50. The van der Waals surface area contributed by atoms with Crippen LogP contribution in [-0.2, 0) is 0 Å². The number of rotatable bonds is 2. The van der Waals surface area contributed by atoms with Crippen molar-refractivity contribution in [3.05, 3.63) is 5.38 Å². The van der Waals surface area contributed by atoms with Crippen molar-refractivity contribution in [2.24, 2.45) is 0 Å². The van der Waals surface area contributed by atoms with E-state index in [1.54, 1.807) is 10.3 Å². The average molecular weight is 197 g/mol. The van der Waals surface area contributed by atoms with Gasteiger partial charge in [-0.05, 0) is 16.7 Å². The normalized spacial score (nSPS) is 10.3. The van der Waals surface area contributed by atoms with Gasteiger partial charge in [-0.2, -0.15) is 4.98 Å². The standard InChI is InChI=1S/C6H7N5OS/c1-11(2)6-7-5(12-9-6)4-3-13-10-8-4/h3H,1-2H3. The zero-order valence-corrected chi connectivity index (χ0v) is 7.95. The Morgan fingerprint density at radius 3 is 2.85 bits per heavy atom. The highest BCUT2D eigenvalue weighted by molar-refractivity contribution is 7.03. The van der Waals surface area contributed by atoms with Crippen molar-refractivity contribution in [3.63, 3.8) is 0 Å². The predicted molar refractivity (Wildman–Crippen MR) is 47.5 cm³/mol. The van der Waals surface area contributed by atoms with Gasteiger partial charge in [-0.3, -0.25) is 0 Å². The second-order valence-corrected chi connectivity index (χ2v) is 3.19. The second kappa shape index (κ2) is 3.09. The van der Waals surface area contributed by atoms with Crippen LogP contribution in [0, 0.1) is 0 Å². The molecule has 0 saturated carbocycles. The lowest BCUT2D eigenvalue weighted by molar-refractivity contribution is 0.429. The largest absolute Gasteiger partial charge is 0.344 e. The Morgan fingerprint density at radius 1 is 1.46 bits per heavy atom. The molecule has 2 heterocycles. The Labute approximate surface area is 78.4 Å². The molecule has 0 radical (unpaired) electrons. The van der Waals surface area contributed by atoms with E-state index in [-0.39, 0.29) is 0 Å². The maximum atomic E-state index is 4.97. The summed E-state index contributed by atoms with van der Waals surface area (Å²) in [6.45, 7) is 0. The Hall–Kier alpha value is -1.50. The summed E-state index contributed by atoms with van der Waals surface area (Å²) < 4.78 is 8.67. The molecule has 0 amide bonds. The first-order valence-electron chi connectivity index (χ1n) is 3.56. The molecular formula is C6H7N5OS. The van der Waals surface area contributed by atoms with Crippen molar-refractivity contribution >= 4 is 17.5 Å². The van der Waals surface area contributed by atoms with Gasteiger partial charge in [-0.15, -0.1) is 5.10 Å². The summed E-state index contributed by atoms with van der Waals surface area (Å²) in [5, 5.41) is 9.32. The lowest BCUT2D eigenvalue weighted by atomic mass is 10.5. The molecular weight excluding hydrogens is 190 g/mol. The molecule has 2 rings (SSSR count). The lowest BCUT2D eigenvalue weighted by Gasteiger charge is -2.01. The van der Waals surface area contributed by atoms with Crippen LogP contribution in [-0.4, -0.2) is 33.8 Å². The van der Waals surface area contributed by atoms with E-state index in [2.05, 4.69) is 19.7 Å². The molecule has 0 saturated heterocycles.